The molecule has 0 radical (unpaired) electrons. The van der Waals surface area contributed by atoms with Gasteiger partial charge in [0.1, 0.15) is 0 Å². The van der Waals surface area contributed by atoms with Gasteiger partial charge in [-0.1, -0.05) is 13.8 Å². The Labute approximate surface area is 79.9 Å². The summed E-state index contributed by atoms with van der Waals surface area (Å²) in [5, 5.41) is 8.39. The van der Waals surface area contributed by atoms with Crippen molar-refractivity contribution in [3.8, 4) is 0 Å². The molecule has 0 atom stereocenters. The fraction of sp³-hybridized carbons (Fsp3) is 0.889. The zero-order chi connectivity index (χ0) is 10.3. The van der Waals surface area contributed by atoms with Crippen LogP contribution in [0.4, 0.5) is 0 Å². The number of carbonyl (C=O) groups is 1. The molecule has 13 heavy (non-hydrogen) atoms. The molecule has 0 saturated carbocycles. The van der Waals surface area contributed by atoms with Crippen LogP contribution in [0.1, 0.15) is 33.1 Å². The van der Waals surface area contributed by atoms with E-state index in [0.29, 0.717) is 12.6 Å². The first-order chi connectivity index (χ1) is 6.04. The highest BCUT2D eigenvalue weighted by molar-refractivity contribution is 7.63. The molecule has 0 aliphatic heterocycles. The average molecular weight is 206 g/mol. The van der Waals surface area contributed by atoms with E-state index < -0.39 is 13.1 Å². The molecule has 3 nitrogen and oxygen atoms in total. The van der Waals surface area contributed by atoms with Crippen molar-refractivity contribution < 1.29 is 14.5 Å². The molecule has 0 spiro atoms. The van der Waals surface area contributed by atoms with Crippen molar-refractivity contribution in [2.75, 3.05) is 18.5 Å². The molecule has 0 fully saturated rings. The summed E-state index contributed by atoms with van der Waals surface area (Å²) in [7, 11) is -1.93. The first kappa shape index (κ1) is 12.7. The van der Waals surface area contributed by atoms with Gasteiger partial charge in [-0.25, -0.2) is 0 Å². The third-order valence-electron chi connectivity index (χ3n) is 2.36. The Morgan fingerprint density at radius 1 is 1.23 bits per heavy atom. The molecular weight excluding hydrogens is 187 g/mol. The van der Waals surface area contributed by atoms with Gasteiger partial charge in [-0.05, 0) is 25.2 Å². The second-order valence-corrected chi connectivity index (χ2v) is 7.09. The highest BCUT2D eigenvalue weighted by atomic mass is 31.2. The lowest BCUT2D eigenvalue weighted by Gasteiger charge is -2.12. The van der Waals surface area contributed by atoms with Gasteiger partial charge in [0.25, 0.3) is 0 Å². The highest BCUT2D eigenvalue weighted by Gasteiger charge is 2.15. The number of rotatable bonds is 7. The summed E-state index contributed by atoms with van der Waals surface area (Å²) >= 11 is 0. The lowest BCUT2D eigenvalue weighted by atomic mass is 10.2. The van der Waals surface area contributed by atoms with Crippen LogP contribution in [0, 0.1) is 0 Å². The zero-order valence-electron chi connectivity index (χ0n) is 8.45. The average Bonchev–Trinajstić information content (AvgIpc) is 2.12. The first-order valence-electron chi connectivity index (χ1n) is 4.83. The van der Waals surface area contributed by atoms with Gasteiger partial charge in [0, 0.05) is 12.6 Å². The van der Waals surface area contributed by atoms with Crippen LogP contribution in [0.15, 0.2) is 0 Å². The molecule has 1 N–H and O–H groups in total. The summed E-state index contributed by atoms with van der Waals surface area (Å²) in [5.74, 6) is -0.761. The summed E-state index contributed by atoms with van der Waals surface area (Å²) in [4.78, 5) is 10.2. The van der Waals surface area contributed by atoms with Crippen LogP contribution in [0.3, 0.4) is 0 Å². The van der Waals surface area contributed by atoms with E-state index in [2.05, 4.69) is 0 Å². The Bertz CT molecular complexity index is 193. The van der Waals surface area contributed by atoms with E-state index >= 15 is 0 Å². The number of hydrogen-bond donors (Lipinski definition) is 1. The largest absolute Gasteiger partial charge is 0.481 e. The van der Waals surface area contributed by atoms with E-state index in [1.54, 1.807) is 0 Å². The molecular formula is C9H19O3P. The maximum atomic E-state index is 11.8. The summed E-state index contributed by atoms with van der Waals surface area (Å²) in [6, 6.07) is 0. The number of carboxylic acid groups (broad SMARTS) is 1. The van der Waals surface area contributed by atoms with Gasteiger partial charge < -0.3 is 9.67 Å². The van der Waals surface area contributed by atoms with Gasteiger partial charge in [0.2, 0.25) is 0 Å². The molecule has 0 bridgehead atoms. The standard InChI is InChI=1S/C9H19O3P/c1-3-13(12,4-2)8-6-5-7-9(10)11/h3-8H2,1-2H3,(H,10,11). The molecule has 0 aromatic carbocycles. The van der Waals surface area contributed by atoms with Crippen molar-refractivity contribution in [1.82, 2.24) is 0 Å². The van der Waals surface area contributed by atoms with Crippen molar-refractivity contribution in [3.63, 3.8) is 0 Å². The summed E-state index contributed by atoms with van der Waals surface area (Å²) in [5.41, 5.74) is 0. The third kappa shape index (κ3) is 5.87. The minimum atomic E-state index is -1.93. The van der Waals surface area contributed by atoms with Crippen LogP contribution in [0.5, 0.6) is 0 Å². The van der Waals surface area contributed by atoms with Crippen molar-refractivity contribution in [2.24, 2.45) is 0 Å². The normalized spacial score (nSPS) is 11.5. The number of unbranched alkanes of at least 4 members (excludes halogenated alkanes) is 1. The van der Waals surface area contributed by atoms with Gasteiger partial charge >= 0.3 is 5.97 Å². The van der Waals surface area contributed by atoms with Crippen molar-refractivity contribution in [3.05, 3.63) is 0 Å². The maximum Gasteiger partial charge on any atom is 0.303 e. The van der Waals surface area contributed by atoms with Gasteiger partial charge in [-0.3, -0.25) is 4.79 Å². The molecule has 0 aliphatic rings. The minimum Gasteiger partial charge on any atom is -0.481 e. The third-order valence-corrected chi connectivity index (χ3v) is 5.80. The van der Waals surface area contributed by atoms with Crippen LogP contribution >= 0.6 is 7.14 Å². The van der Waals surface area contributed by atoms with Gasteiger partial charge in [-0.15, -0.1) is 0 Å². The topological polar surface area (TPSA) is 54.4 Å². The van der Waals surface area contributed by atoms with E-state index in [0.717, 1.165) is 18.7 Å². The summed E-state index contributed by atoms with van der Waals surface area (Å²) < 4.78 is 11.8. The number of hydrogen-bond acceptors (Lipinski definition) is 2. The molecule has 0 aliphatic carbocycles. The predicted octanol–water partition coefficient (Wildman–Crippen LogP) is 2.64. The fourth-order valence-corrected chi connectivity index (χ4v) is 3.10. The van der Waals surface area contributed by atoms with Crippen LogP contribution in [-0.4, -0.2) is 29.6 Å². The lowest BCUT2D eigenvalue weighted by molar-refractivity contribution is -0.137. The summed E-state index contributed by atoms with van der Waals surface area (Å²) in [6.07, 6.45) is 3.85. The predicted molar refractivity (Wildman–Crippen MR) is 55.0 cm³/mol. The van der Waals surface area contributed by atoms with Crippen LogP contribution in [0.25, 0.3) is 0 Å². The van der Waals surface area contributed by atoms with Crippen LogP contribution in [-0.2, 0) is 9.36 Å². The molecule has 0 aromatic rings. The zero-order valence-corrected chi connectivity index (χ0v) is 9.35. The van der Waals surface area contributed by atoms with E-state index in [1.807, 2.05) is 13.8 Å². The van der Waals surface area contributed by atoms with Gasteiger partial charge in [0.15, 0.2) is 0 Å². The van der Waals surface area contributed by atoms with Crippen molar-refractivity contribution in [2.45, 2.75) is 33.1 Å². The SMILES string of the molecule is CCP(=O)(CC)CCCCC(=O)O. The molecule has 78 valence electrons. The van der Waals surface area contributed by atoms with Crippen LogP contribution < -0.4 is 0 Å². The van der Waals surface area contributed by atoms with E-state index in [-0.39, 0.29) is 6.42 Å². The van der Waals surface area contributed by atoms with Gasteiger partial charge in [-0.2, -0.15) is 0 Å². The Hall–Kier alpha value is -0.300. The molecule has 4 heteroatoms. The molecule has 0 rings (SSSR count). The highest BCUT2D eigenvalue weighted by Crippen LogP contribution is 2.45. The maximum absolute atomic E-state index is 11.8. The Morgan fingerprint density at radius 2 is 1.77 bits per heavy atom. The Balaban J connectivity index is 3.62. The monoisotopic (exact) mass is 206 g/mol. The Kier molecular flexibility index (Phi) is 6.06. The minimum absolute atomic E-state index is 0.202. The quantitative estimate of drug-likeness (QED) is 0.514. The fourth-order valence-electron chi connectivity index (χ4n) is 1.22. The number of carboxylic acids is 1. The van der Waals surface area contributed by atoms with Crippen LogP contribution in [0.2, 0.25) is 0 Å². The molecule has 0 amide bonds. The summed E-state index contributed by atoms with van der Waals surface area (Å²) in [6.45, 7) is 3.89. The van der Waals surface area contributed by atoms with E-state index in [1.165, 1.54) is 0 Å². The van der Waals surface area contributed by atoms with Gasteiger partial charge in [0.05, 0.1) is 7.14 Å². The second-order valence-electron chi connectivity index (χ2n) is 3.27. The number of aliphatic carboxylic acids is 1. The van der Waals surface area contributed by atoms with E-state index in [4.69, 9.17) is 5.11 Å². The molecule has 0 saturated heterocycles. The van der Waals surface area contributed by atoms with Crippen molar-refractivity contribution in [1.29, 1.82) is 0 Å². The lowest BCUT2D eigenvalue weighted by Crippen LogP contribution is -1.98. The molecule has 0 heterocycles. The molecule has 0 unspecified atom stereocenters. The second kappa shape index (κ2) is 6.20. The smallest absolute Gasteiger partial charge is 0.303 e. The van der Waals surface area contributed by atoms with Crippen molar-refractivity contribution >= 4 is 13.1 Å². The molecule has 0 aromatic heterocycles. The van der Waals surface area contributed by atoms with E-state index in [9.17, 15) is 9.36 Å². The first-order valence-corrected chi connectivity index (χ1v) is 7.09. The Morgan fingerprint density at radius 3 is 2.15 bits per heavy atom.